The number of phenols is 1. The zero-order chi connectivity index (χ0) is 21.9. The number of aromatic hydroxyl groups is 1. The molecule has 1 saturated carbocycles. The summed E-state index contributed by atoms with van der Waals surface area (Å²) in [5, 5.41) is 25.3. The van der Waals surface area contributed by atoms with Gasteiger partial charge in [-0.05, 0) is 50.8 Å². The van der Waals surface area contributed by atoms with Gasteiger partial charge in [0.05, 0.1) is 11.8 Å². The number of aryl methyl sites for hydroxylation is 1. The van der Waals surface area contributed by atoms with Crippen molar-refractivity contribution in [1.82, 2.24) is 0 Å². The number of aliphatic hydroxyl groups is 1. The fraction of sp³-hybridized carbons (Fsp3) is 0.429. The van der Waals surface area contributed by atoms with Gasteiger partial charge in [0.15, 0.2) is 11.6 Å². The highest BCUT2D eigenvalue weighted by molar-refractivity contribution is 5.81. The van der Waals surface area contributed by atoms with Crippen LogP contribution in [0.4, 0.5) is 30.2 Å². The molecule has 0 aromatic heterocycles. The van der Waals surface area contributed by atoms with Crippen LogP contribution in [0.3, 0.4) is 0 Å². The summed E-state index contributed by atoms with van der Waals surface area (Å²) < 4.78 is 42.4. The molecule has 2 aromatic rings. The molecule has 6 nitrogen and oxygen atoms in total. The molecule has 0 amide bonds. The Morgan fingerprint density at radius 1 is 1.07 bits per heavy atom. The maximum Gasteiger partial charge on any atom is 0.184 e. The highest BCUT2D eigenvalue weighted by Crippen LogP contribution is 2.48. The first-order chi connectivity index (χ1) is 14.2. The van der Waals surface area contributed by atoms with Crippen molar-refractivity contribution in [3.8, 4) is 5.75 Å². The minimum absolute atomic E-state index is 0.0390. The molecule has 9 heteroatoms. The summed E-state index contributed by atoms with van der Waals surface area (Å²) in [6, 6.07) is 4.99. The lowest BCUT2D eigenvalue weighted by Crippen LogP contribution is -2.26. The van der Waals surface area contributed by atoms with Crippen molar-refractivity contribution in [3.05, 3.63) is 47.3 Å². The van der Waals surface area contributed by atoms with Crippen LogP contribution in [0.2, 0.25) is 0 Å². The van der Waals surface area contributed by atoms with Gasteiger partial charge in [-0.3, -0.25) is 0 Å². The number of hydrogen-bond acceptors (Lipinski definition) is 6. The molecule has 1 saturated heterocycles. The standard InChI is InChI=1S/C19H21F3N2O2.C2H4O2/c1-10-3-4-14(12(20)7-10)23-18-16(22)13(21)8-15(26)17(18)24-19(5-6-19)9-11(2)25;1-2-4-3-1/h3-4,7-8,11,23-26H,5-6,9H2,1-2H3;1-2H2. The largest absolute Gasteiger partial charge is 0.506 e. The Morgan fingerprint density at radius 2 is 1.70 bits per heavy atom. The zero-order valence-electron chi connectivity index (χ0n) is 16.8. The lowest BCUT2D eigenvalue weighted by Gasteiger charge is -2.24. The number of rotatable bonds is 6. The van der Waals surface area contributed by atoms with Crippen molar-refractivity contribution in [2.75, 3.05) is 23.8 Å². The first-order valence-corrected chi connectivity index (χ1v) is 9.65. The smallest absolute Gasteiger partial charge is 0.184 e. The van der Waals surface area contributed by atoms with Gasteiger partial charge < -0.3 is 20.8 Å². The number of anilines is 3. The lowest BCUT2D eigenvalue weighted by molar-refractivity contribution is -0.382. The van der Waals surface area contributed by atoms with Crippen LogP contribution in [-0.4, -0.2) is 35.1 Å². The summed E-state index contributed by atoms with van der Waals surface area (Å²) >= 11 is 0. The molecule has 30 heavy (non-hydrogen) atoms. The van der Waals surface area contributed by atoms with E-state index in [0.717, 1.165) is 13.2 Å². The highest BCUT2D eigenvalue weighted by atomic mass is 19.2. The molecule has 1 aliphatic carbocycles. The third kappa shape index (κ3) is 5.35. The summed E-state index contributed by atoms with van der Waals surface area (Å²) in [4.78, 5) is 8.44. The summed E-state index contributed by atoms with van der Waals surface area (Å²) in [5.41, 5.74) is -0.284. The number of hydrogen-bond donors (Lipinski definition) is 4. The number of phenolic OH excluding ortho intramolecular Hbond substituents is 1. The number of halogens is 3. The molecule has 1 heterocycles. The van der Waals surface area contributed by atoms with Crippen molar-refractivity contribution in [3.63, 3.8) is 0 Å². The fourth-order valence-corrected chi connectivity index (χ4v) is 3.16. The summed E-state index contributed by atoms with van der Waals surface area (Å²) in [7, 11) is 0. The van der Waals surface area contributed by atoms with Gasteiger partial charge in [-0.2, -0.15) is 0 Å². The van der Waals surface area contributed by atoms with Crippen LogP contribution in [0.15, 0.2) is 24.3 Å². The van der Waals surface area contributed by atoms with Crippen molar-refractivity contribution in [2.45, 2.75) is 44.8 Å². The SMILES string of the molecule is C1COO1.Cc1ccc(Nc2c(F)c(F)cc(O)c2NC2(CC(C)O)CC2)c(F)c1. The van der Waals surface area contributed by atoms with Gasteiger partial charge >= 0.3 is 0 Å². The zero-order valence-corrected chi connectivity index (χ0v) is 16.8. The molecule has 4 rings (SSSR count). The van der Waals surface area contributed by atoms with Gasteiger partial charge in [0.25, 0.3) is 0 Å². The second-order valence-corrected chi connectivity index (χ2v) is 7.65. The molecule has 1 atom stereocenters. The van der Waals surface area contributed by atoms with Crippen LogP contribution in [-0.2, 0) is 9.78 Å². The number of nitrogens with one attached hydrogen (secondary N) is 2. The second kappa shape index (κ2) is 9.11. The van der Waals surface area contributed by atoms with Gasteiger partial charge in [-0.25, -0.2) is 22.9 Å². The summed E-state index contributed by atoms with van der Waals surface area (Å²) in [5.74, 6) is -3.58. The third-order valence-corrected chi connectivity index (χ3v) is 4.85. The topological polar surface area (TPSA) is 83.0 Å². The molecule has 2 aromatic carbocycles. The van der Waals surface area contributed by atoms with E-state index in [-0.39, 0.29) is 17.1 Å². The van der Waals surface area contributed by atoms with Crippen LogP contribution in [0.25, 0.3) is 0 Å². The van der Waals surface area contributed by atoms with Crippen LogP contribution in [0.1, 0.15) is 31.7 Å². The Kier molecular flexibility index (Phi) is 6.74. The molecule has 4 N–H and O–H groups in total. The molecular formula is C21H25F3N2O4. The first-order valence-electron chi connectivity index (χ1n) is 9.65. The Bertz CT molecular complexity index is 896. The molecule has 0 spiro atoms. The molecule has 0 bridgehead atoms. The molecule has 1 unspecified atom stereocenters. The van der Waals surface area contributed by atoms with Crippen LogP contribution in [0.5, 0.6) is 5.75 Å². The Hall–Kier alpha value is -2.49. The van der Waals surface area contributed by atoms with E-state index < -0.39 is 34.8 Å². The van der Waals surface area contributed by atoms with Gasteiger partial charge in [0.2, 0.25) is 0 Å². The minimum Gasteiger partial charge on any atom is -0.506 e. The maximum absolute atomic E-state index is 14.4. The van der Waals surface area contributed by atoms with Gasteiger partial charge in [0, 0.05) is 11.6 Å². The summed E-state index contributed by atoms with van der Waals surface area (Å²) in [6.45, 7) is 4.90. The normalized spacial score (nSPS) is 17.3. The predicted octanol–water partition coefficient (Wildman–Crippen LogP) is 4.53. The van der Waals surface area contributed by atoms with E-state index in [1.807, 2.05) is 0 Å². The molecular weight excluding hydrogens is 401 g/mol. The lowest BCUT2D eigenvalue weighted by atomic mass is 10.1. The van der Waals surface area contributed by atoms with Gasteiger partial charge in [-0.15, -0.1) is 0 Å². The van der Waals surface area contributed by atoms with Crippen molar-refractivity contribution in [2.24, 2.45) is 0 Å². The number of aliphatic hydroxyl groups excluding tert-OH is 1. The van der Waals surface area contributed by atoms with Gasteiger partial charge in [0.1, 0.15) is 36.2 Å². The maximum atomic E-state index is 14.4. The van der Waals surface area contributed by atoms with Crippen LogP contribution in [0, 0.1) is 24.4 Å². The van der Waals surface area contributed by atoms with E-state index >= 15 is 0 Å². The average Bonchev–Trinajstić information content (AvgIpc) is 3.34. The number of benzene rings is 2. The molecule has 0 radical (unpaired) electrons. The highest BCUT2D eigenvalue weighted by Gasteiger charge is 2.44. The Labute approximate surface area is 172 Å². The van der Waals surface area contributed by atoms with E-state index in [1.165, 1.54) is 12.1 Å². The van der Waals surface area contributed by atoms with Crippen LogP contribution < -0.4 is 10.6 Å². The first kappa shape index (κ1) is 22.2. The predicted molar refractivity (Wildman–Crippen MR) is 106 cm³/mol. The van der Waals surface area contributed by atoms with E-state index in [0.29, 0.717) is 30.9 Å². The quantitative estimate of drug-likeness (QED) is 0.402. The van der Waals surface area contributed by atoms with Crippen molar-refractivity contribution in [1.29, 1.82) is 0 Å². The van der Waals surface area contributed by atoms with E-state index in [9.17, 15) is 23.4 Å². The summed E-state index contributed by atoms with van der Waals surface area (Å²) in [6.07, 6.45) is 1.23. The molecule has 2 aliphatic rings. The minimum atomic E-state index is -1.25. The van der Waals surface area contributed by atoms with Crippen LogP contribution >= 0.6 is 0 Å². The second-order valence-electron chi connectivity index (χ2n) is 7.65. The third-order valence-electron chi connectivity index (χ3n) is 4.85. The van der Waals surface area contributed by atoms with E-state index in [1.54, 1.807) is 19.9 Å². The Morgan fingerprint density at radius 3 is 2.20 bits per heavy atom. The Balaban J connectivity index is 0.000000572. The van der Waals surface area contributed by atoms with Gasteiger partial charge in [-0.1, -0.05) is 6.07 Å². The molecule has 164 valence electrons. The molecule has 2 fully saturated rings. The van der Waals surface area contributed by atoms with Crippen molar-refractivity contribution >= 4 is 17.1 Å². The average molecular weight is 426 g/mol. The molecule has 1 aliphatic heterocycles. The fourth-order valence-electron chi connectivity index (χ4n) is 3.16. The van der Waals surface area contributed by atoms with E-state index in [4.69, 9.17) is 0 Å². The van der Waals surface area contributed by atoms with E-state index in [2.05, 4.69) is 20.4 Å². The monoisotopic (exact) mass is 426 g/mol. The van der Waals surface area contributed by atoms with Crippen molar-refractivity contribution < 1.29 is 33.2 Å².